The van der Waals surface area contributed by atoms with Gasteiger partial charge in [0.05, 0.1) is 0 Å². The van der Waals surface area contributed by atoms with E-state index >= 15 is 0 Å². The van der Waals surface area contributed by atoms with Gasteiger partial charge >= 0.3 is 0 Å². The Labute approximate surface area is 77.6 Å². The number of ketones is 1. The molecule has 0 aromatic heterocycles. The third-order valence-corrected chi connectivity index (χ3v) is 4.25. The Morgan fingerprint density at radius 2 is 2.42 bits per heavy atom. The summed E-state index contributed by atoms with van der Waals surface area (Å²) in [5.74, 6) is 2.57. The number of allylic oxidation sites excluding steroid dienone is 2. The summed E-state index contributed by atoms with van der Waals surface area (Å²) in [6, 6.07) is 0. The summed E-state index contributed by atoms with van der Waals surface area (Å²) in [5.41, 5.74) is 0. The van der Waals surface area contributed by atoms with Gasteiger partial charge in [0.2, 0.25) is 0 Å². The van der Waals surface area contributed by atoms with Crippen molar-refractivity contribution in [3.8, 4) is 0 Å². The predicted octanol–water partition coefficient (Wildman–Crippen LogP) is 2.27. The van der Waals surface area contributed by atoms with E-state index in [4.69, 9.17) is 0 Å². The molecule has 0 heterocycles. The van der Waals surface area contributed by atoms with E-state index in [9.17, 15) is 4.79 Å². The first-order valence-electron chi connectivity index (χ1n) is 4.65. The van der Waals surface area contributed by atoms with Crippen molar-refractivity contribution in [2.75, 3.05) is 5.75 Å². The molecule has 0 amide bonds. The standard InChI is InChI=1S/C10H14OS/c1-2-5-12-10-6-9(11)7-3-4-8(7)10/h3-4,7-8,10H,2,5-6H2,1H3. The second-order valence-corrected chi connectivity index (χ2v) is 4.91. The Bertz CT molecular complexity index is 222. The Morgan fingerprint density at radius 1 is 1.58 bits per heavy atom. The van der Waals surface area contributed by atoms with Gasteiger partial charge in [-0.1, -0.05) is 19.1 Å². The summed E-state index contributed by atoms with van der Waals surface area (Å²) in [6.07, 6.45) is 6.31. The molecule has 1 nitrogen and oxygen atoms in total. The van der Waals surface area contributed by atoms with Crippen LogP contribution in [0.15, 0.2) is 12.2 Å². The van der Waals surface area contributed by atoms with Crippen LogP contribution in [0.5, 0.6) is 0 Å². The van der Waals surface area contributed by atoms with Crippen LogP contribution >= 0.6 is 11.8 Å². The SMILES string of the molecule is CCCSC1CC(=O)C2C=CC12. The highest BCUT2D eigenvalue weighted by atomic mass is 32.2. The highest BCUT2D eigenvalue weighted by molar-refractivity contribution is 7.99. The van der Waals surface area contributed by atoms with Crippen molar-refractivity contribution in [3.05, 3.63) is 12.2 Å². The van der Waals surface area contributed by atoms with Crippen LogP contribution in [0, 0.1) is 11.8 Å². The van der Waals surface area contributed by atoms with Crippen molar-refractivity contribution in [3.63, 3.8) is 0 Å². The molecule has 0 N–H and O–H groups in total. The average Bonchev–Trinajstić information content (AvgIpc) is 2.16. The van der Waals surface area contributed by atoms with Crippen LogP contribution < -0.4 is 0 Å². The van der Waals surface area contributed by atoms with E-state index in [1.807, 2.05) is 11.8 Å². The molecule has 66 valence electrons. The molecule has 0 aliphatic heterocycles. The number of Topliss-reactive ketones (excluding diaryl/α,β-unsaturated/α-hetero) is 1. The maximum absolute atomic E-state index is 11.3. The Hall–Kier alpha value is -0.240. The smallest absolute Gasteiger partial charge is 0.141 e. The van der Waals surface area contributed by atoms with Crippen LogP contribution in [0.2, 0.25) is 0 Å². The van der Waals surface area contributed by atoms with Gasteiger partial charge in [0.15, 0.2) is 0 Å². The second-order valence-electron chi connectivity index (χ2n) is 3.57. The van der Waals surface area contributed by atoms with Crippen LogP contribution in [0.4, 0.5) is 0 Å². The van der Waals surface area contributed by atoms with Gasteiger partial charge in [0, 0.05) is 23.5 Å². The molecule has 0 aromatic rings. The van der Waals surface area contributed by atoms with Crippen LogP contribution in [-0.4, -0.2) is 16.8 Å². The molecule has 0 aromatic carbocycles. The highest BCUT2D eigenvalue weighted by Crippen LogP contribution is 2.44. The van der Waals surface area contributed by atoms with Crippen LogP contribution in [0.1, 0.15) is 19.8 Å². The molecule has 0 spiro atoms. The fourth-order valence-electron chi connectivity index (χ4n) is 1.94. The lowest BCUT2D eigenvalue weighted by Crippen LogP contribution is -2.22. The van der Waals surface area contributed by atoms with Crippen molar-refractivity contribution >= 4 is 17.5 Å². The van der Waals surface area contributed by atoms with Gasteiger partial charge in [0.25, 0.3) is 0 Å². The summed E-state index contributed by atoms with van der Waals surface area (Å²) in [4.78, 5) is 11.3. The van der Waals surface area contributed by atoms with Crippen molar-refractivity contribution < 1.29 is 4.79 Å². The van der Waals surface area contributed by atoms with E-state index in [1.54, 1.807) is 0 Å². The molecule has 2 aliphatic rings. The monoisotopic (exact) mass is 182 g/mol. The van der Waals surface area contributed by atoms with Crippen molar-refractivity contribution in [2.24, 2.45) is 11.8 Å². The predicted molar refractivity (Wildman–Crippen MR) is 52.3 cm³/mol. The maximum Gasteiger partial charge on any atom is 0.141 e. The van der Waals surface area contributed by atoms with E-state index in [1.165, 1.54) is 12.2 Å². The summed E-state index contributed by atoms with van der Waals surface area (Å²) in [6.45, 7) is 2.19. The third kappa shape index (κ3) is 1.22. The lowest BCUT2D eigenvalue weighted by molar-refractivity contribution is -0.120. The first kappa shape index (κ1) is 8.36. The molecule has 2 aliphatic carbocycles. The summed E-state index contributed by atoms with van der Waals surface area (Å²) in [7, 11) is 0. The van der Waals surface area contributed by atoms with Gasteiger partial charge < -0.3 is 0 Å². The number of fused-ring (bicyclic) bond motifs is 1. The maximum atomic E-state index is 11.3. The first-order valence-corrected chi connectivity index (χ1v) is 5.70. The summed E-state index contributed by atoms with van der Waals surface area (Å²) in [5, 5.41) is 0.604. The van der Waals surface area contributed by atoms with E-state index in [-0.39, 0.29) is 0 Å². The van der Waals surface area contributed by atoms with Crippen LogP contribution in [-0.2, 0) is 4.79 Å². The molecule has 1 fully saturated rings. The average molecular weight is 182 g/mol. The zero-order valence-corrected chi connectivity index (χ0v) is 8.14. The number of carbonyl (C=O) groups is 1. The molecule has 3 unspecified atom stereocenters. The zero-order valence-electron chi connectivity index (χ0n) is 7.32. The molecule has 1 saturated carbocycles. The molecule has 12 heavy (non-hydrogen) atoms. The van der Waals surface area contributed by atoms with E-state index in [2.05, 4.69) is 19.1 Å². The number of hydrogen-bond donors (Lipinski definition) is 0. The highest BCUT2D eigenvalue weighted by Gasteiger charge is 2.43. The fraction of sp³-hybridized carbons (Fsp3) is 0.700. The van der Waals surface area contributed by atoms with E-state index in [0.29, 0.717) is 22.9 Å². The van der Waals surface area contributed by atoms with Gasteiger partial charge in [-0.05, 0) is 12.2 Å². The molecular formula is C10H14OS. The number of carbonyl (C=O) groups excluding carboxylic acids is 1. The Morgan fingerprint density at radius 3 is 2.92 bits per heavy atom. The lowest BCUT2D eigenvalue weighted by Gasteiger charge is -2.24. The summed E-state index contributed by atoms with van der Waals surface area (Å²) < 4.78 is 0. The summed E-state index contributed by atoms with van der Waals surface area (Å²) >= 11 is 1.98. The van der Waals surface area contributed by atoms with Gasteiger partial charge in [-0.25, -0.2) is 0 Å². The Balaban J connectivity index is 1.92. The molecule has 2 rings (SSSR count). The number of rotatable bonds is 3. The fourth-order valence-corrected chi connectivity index (χ4v) is 3.24. The van der Waals surface area contributed by atoms with E-state index < -0.39 is 0 Å². The van der Waals surface area contributed by atoms with Crippen LogP contribution in [0.3, 0.4) is 0 Å². The van der Waals surface area contributed by atoms with Gasteiger partial charge in [0.1, 0.15) is 5.78 Å². The second kappa shape index (κ2) is 3.25. The topological polar surface area (TPSA) is 17.1 Å². The largest absolute Gasteiger partial charge is 0.299 e. The molecule has 0 radical (unpaired) electrons. The van der Waals surface area contributed by atoms with Crippen LogP contribution in [0.25, 0.3) is 0 Å². The van der Waals surface area contributed by atoms with Crippen molar-refractivity contribution in [1.82, 2.24) is 0 Å². The Kier molecular flexibility index (Phi) is 2.26. The van der Waals surface area contributed by atoms with E-state index in [0.717, 1.165) is 6.42 Å². The third-order valence-electron chi connectivity index (χ3n) is 2.69. The molecular weight excluding hydrogens is 168 g/mol. The minimum atomic E-state index is 0.305. The van der Waals surface area contributed by atoms with Crippen molar-refractivity contribution in [1.29, 1.82) is 0 Å². The number of hydrogen-bond acceptors (Lipinski definition) is 2. The van der Waals surface area contributed by atoms with Gasteiger partial charge in [-0.2, -0.15) is 11.8 Å². The minimum absolute atomic E-state index is 0.305. The molecule has 3 atom stereocenters. The van der Waals surface area contributed by atoms with Crippen molar-refractivity contribution in [2.45, 2.75) is 25.0 Å². The van der Waals surface area contributed by atoms with Gasteiger partial charge in [-0.3, -0.25) is 4.79 Å². The lowest BCUT2D eigenvalue weighted by atomic mass is 9.85. The minimum Gasteiger partial charge on any atom is -0.299 e. The molecule has 0 bridgehead atoms. The first-order chi connectivity index (χ1) is 5.83. The molecule has 2 heteroatoms. The molecule has 0 saturated heterocycles. The quantitative estimate of drug-likeness (QED) is 0.623. The number of thioether (sulfide) groups is 1. The van der Waals surface area contributed by atoms with Gasteiger partial charge in [-0.15, -0.1) is 0 Å². The normalized spacial score (nSPS) is 38.1. The zero-order chi connectivity index (χ0) is 8.55.